The molecule has 0 fully saturated rings. The molecular formula is C12H15ClN2O4S. The first-order valence-corrected chi connectivity index (χ1v) is 8.08. The minimum absolute atomic E-state index is 0.0663. The molecule has 1 aromatic carbocycles. The Hall–Kier alpha value is -1.47. The van der Waals surface area contributed by atoms with Crippen LogP contribution in [0.2, 0.25) is 5.02 Å². The summed E-state index contributed by atoms with van der Waals surface area (Å²) < 4.78 is 30.5. The smallest absolute Gasteiger partial charge is 0.265 e. The Labute approximate surface area is 122 Å². The predicted molar refractivity (Wildman–Crippen MR) is 76.8 cm³/mol. The van der Waals surface area contributed by atoms with Crippen LogP contribution in [0.25, 0.3) is 0 Å². The number of sulfonamides is 1. The molecule has 6 nitrogen and oxygen atoms in total. The van der Waals surface area contributed by atoms with Gasteiger partial charge in [0.05, 0.1) is 18.5 Å². The summed E-state index contributed by atoms with van der Waals surface area (Å²) in [5.41, 5.74) is 0.350. The van der Waals surface area contributed by atoms with Gasteiger partial charge in [0.1, 0.15) is 5.75 Å². The van der Waals surface area contributed by atoms with Crippen LogP contribution in [0.4, 0.5) is 5.69 Å². The van der Waals surface area contributed by atoms with Crippen LogP contribution < -0.4 is 9.04 Å². The second-order valence-corrected chi connectivity index (χ2v) is 7.09. The van der Waals surface area contributed by atoms with Crippen molar-refractivity contribution in [3.05, 3.63) is 23.2 Å². The van der Waals surface area contributed by atoms with Crippen LogP contribution in [0.3, 0.4) is 0 Å². The predicted octanol–water partition coefficient (Wildman–Crippen LogP) is 0.955. The van der Waals surface area contributed by atoms with Crippen molar-refractivity contribution in [1.29, 1.82) is 0 Å². The summed E-state index contributed by atoms with van der Waals surface area (Å²) in [4.78, 5) is 13.4. The van der Waals surface area contributed by atoms with E-state index < -0.39 is 16.1 Å². The van der Waals surface area contributed by atoms with E-state index in [4.69, 9.17) is 16.3 Å². The number of nitrogens with zero attached hydrogens (tertiary/aromatic N) is 2. The summed E-state index contributed by atoms with van der Waals surface area (Å²) in [7, 11) is -0.342. The van der Waals surface area contributed by atoms with Gasteiger partial charge in [0.2, 0.25) is 10.0 Å². The van der Waals surface area contributed by atoms with Gasteiger partial charge in [0.15, 0.2) is 6.10 Å². The third-order valence-electron chi connectivity index (χ3n) is 2.91. The zero-order chi connectivity index (χ0) is 15.1. The third-order valence-corrected chi connectivity index (χ3v) is 4.29. The molecule has 1 aromatic rings. The van der Waals surface area contributed by atoms with Gasteiger partial charge in [-0.05, 0) is 18.2 Å². The lowest BCUT2D eigenvalue weighted by Crippen LogP contribution is -2.50. The van der Waals surface area contributed by atoms with E-state index in [1.54, 1.807) is 26.2 Å². The largest absolute Gasteiger partial charge is 0.476 e. The maximum atomic E-state index is 12.0. The number of hydrogen-bond donors (Lipinski definition) is 0. The maximum absolute atomic E-state index is 12.0. The lowest BCUT2D eigenvalue weighted by Gasteiger charge is -2.34. The number of anilines is 1. The Morgan fingerprint density at radius 3 is 2.65 bits per heavy atom. The van der Waals surface area contributed by atoms with E-state index >= 15 is 0 Å². The molecule has 0 aromatic heterocycles. The van der Waals surface area contributed by atoms with Crippen LogP contribution >= 0.6 is 11.6 Å². The number of rotatable bonds is 2. The van der Waals surface area contributed by atoms with Crippen molar-refractivity contribution in [1.82, 2.24) is 4.90 Å². The quantitative estimate of drug-likeness (QED) is 0.814. The number of hydrogen-bond acceptors (Lipinski definition) is 4. The fourth-order valence-corrected chi connectivity index (χ4v) is 3.03. The van der Waals surface area contributed by atoms with Gasteiger partial charge in [0, 0.05) is 19.1 Å². The van der Waals surface area contributed by atoms with Crippen molar-refractivity contribution >= 4 is 33.2 Å². The van der Waals surface area contributed by atoms with Gasteiger partial charge in [-0.2, -0.15) is 0 Å². The second kappa shape index (κ2) is 5.14. The summed E-state index contributed by atoms with van der Waals surface area (Å²) in [6, 6.07) is 4.66. The van der Waals surface area contributed by atoms with Crippen LogP contribution in [-0.4, -0.2) is 52.2 Å². The van der Waals surface area contributed by atoms with Crippen molar-refractivity contribution in [2.45, 2.75) is 6.10 Å². The third kappa shape index (κ3) is 2.83. The molecule has 1 unspecified atom stereocenters. The Morgan fingerprint density at radius 2 is 2.10 bits per heavy atom. The molecule has 0 N–H and O–H groups in total. The number of ether oxygens (including phenoxy) is 1. The van der Waals surface area contributed by atoms with E-state index in [0.29, 0.717) is 16.5 Å². The molecule has 0 aliphatic carbocycles. The minimum atomic E-state index is -3.52. The number of carbonyl (C=O) groups is 1. The molecule has 1 atom stereocenters. The average molecular weight is 319 g/mol. The molecule has 1 amide bonds. The lowest BCUT2D eigenvalue weighted by atomic mass is 10.2. The van der Waals surface area contributed by atoms with E-state index in [0.717, 1.165) is 10.6 Å². The zero-order valence-corrected chi connectivity index (χ0v) is 12.9. The van der Waals surface area contributed by atoms with E-state index in [9.17, 15) is 13.2 Å². The summed E-state index contributed by atoms with van der Waals surface area (Å²) >= 11 is 5.89. The average Bonchev–Trinajstić information content (AvgIpc) is 2.35. The van der Waals surface area contributed by atoms with Gasteiger partial charge in [-0.1, -0.05) is 11.6 Å². The molecule has 0 saturated carbocycles. The van der Waals surface area contributed by atoms with Crippen LogP contribution in [0.5, 0.6) is 5.75 Å². The summed E-state index contributed by atoms with van der Waals surface area (Å²) in [6.45, 7) is -0.0663. The van der Waals surface area contributed by atoms with Crippen molar-refractivity contribution in [2.75, 3.05) is 31.2 Å². The normalized spacial score (nSPS) is 18.2. The van der Waals surface area contributed by atoms with Crippen molar-refractivity contribution in [2.24, 2.45) is 0 Å². The summed E-state index contributed by atoms with van der Waals surface area (Å²) in [5, 5.41) is 0.401. The Morgan fingerprint density at radius 1 is 1.45 bits per heavy atom. The molecule has 0 saturated heterocycles. The fourth-order valence-electron chi connectivity index (χ4n) is 1.96. The van der Waals surface area contributed by atoms with E-state index in [-0.39, 0.29) is 12.5 Å². The van der Waals surface area contributed by atoms with Crippen LogP contribution in [0, 0.1) is 0 Å². The first kappa shape index (κ1) is 14.9. The van der Waals surface area contributed by atoms with Crippen LogP contribution in [0.1, 0.15) is 0 Å². The molecule has 1 heterocycles. The first-order chi connectivity index (χ1) is 9.20. The van der Waals surface area contributed by atoms with Gasteiger partial charge in [-0.3, -0.25) is 9.10 Å². The summed E-state index contributed by atoms with van der Waals surface area (Å²) in [5.74, 6) is 0.0329. The molecule has 0 radical (unpaired) electrons. The SMILES string of the molecule is CN(C)C(=O)C1CN(S(C)(=O)=O)c2cc(Cl)ccc2O1. The first-order valence-electron chi connectivity index (χ1n) is 5.85. The highest BCUT2D eigenvalue weighted by molar-refractivity contribution is 7.92. The van der Waals surface area contributed by atoms with Gasteiger partial charge in [0.25, 0.3) is 5.91 Å². The topological polar surface area (TPSA) is 66.9 Å². The number of fused-ring (bicyclic) bond motifs is 1. The summed E-state index contributed by atoms with van der Waals surface area (Å²) in [6.07, 6.45) is 0.216. The Balaban J connectivity index is 2.48. The van der Waals surface area contributed by atoms with Crippen LogP contribution in [0.15, 0.2) is 18.2 Å². The molecular weight excluding hydrogens is 304 g/mol. The number of likely N-dealkylation sites (N-methyl/N-ethyl adjacent to an activating group) is 1. The maximum Gasteiger partial charge on any atom is 0.265 e. The van der Waals surface area contributed by atoms with Crippen molar-refractivity contribution < 1.29 is 17.9 Å². The van der Waals surface area contributed by atoms with Gasteiger partial charge in [-0.15, -0.1) is 0 Å². The highest BCUT2D eigenvalue weighted by Gasteiger charge is 2.35. The number of halogens is 1. The molecule has 1 aliphatic heterocycles. The monoisotopic (exact) mass is 318 g/mol. The van der Waals surface area contributed by atoms with E-state index in [2.05, 4.69) is 0 Å². The zero-order valence-electron chi connectivity index (χ0n) is 11.3. The Kier molecular flexibility index (Phi) is 3.84. The van der Waals surface area contributed by atoms with Crippen LogP contribution in [-0.2, 0) is 14.8 Å². The van der Waals surface area contributed by atoms with Crippen molar-refractivity contribution in [3.8, 4) is 5.75 Å². The molecule has 2 rings (SSSR count). The molecule has 0 spiro atoms. The standard InChI is InChI=1S/C12H15ClN2O4S/c1-14(2)12(16)11-7-15(20(3,17)18)9-6-8(13)4-5-10(9)19-11/h4-6,11H,7H2,1-3H3. The second-order valence-electron chi connectivity index (χ2n) is 4.75. The Bertz CT molecular complexity index is 645. The highest BCUT2D eigenvalue weighted by atomic mass is 35.5. The molecule has 20 heavy (non-hydrogen) atoms. The molecule has 0 bridgehead atoms. The lowest BCUT2D eigenvalue weighted by molar-refractivity contribution is -0.135. The molecule has 1 aliphatic rings. The van der Waals surface area contributed by atoms with E-state index in [1.165, 1.54) is 11.0 Å². The van der Waals surface area contributed by atoms with Gasteiger partial charge >= 0.3 is 0 Å². The van der Waals surface area contributed by atoms with Gasteiger partial charge < -0.3 is 9.64 Å². The van der Waals surface area contributed by atoms with Crippen molar-refractivity contribution in [3.63, 3.8) is 0 Å². The molecule has 8 heteroatoms. The number of carbonyl (C=O) groups excluding carboxylic acids is 1. The highest BCUT2D eigenvalue weighted by Crippen LogP contribution is 2.37. The fraction of sp³-hybridized carbons (Fsp3) is 0.417. The van der Waals surface area contributed by atoms with Gasteiger partial charge in [-0.25, -0.2) is 8.42 Å². The number of benzene rings is 1. The van der Waals surface area contributed by atoms with E-state index in [1.807, 2.05) is 0 Å². The number of amides is 1. The minimum Gasteiger partial charge on any atom is -0.476 e. The molecule has 110 valence electrons.